The molecule has 0 aliphatic carbocycles. The maximum absolute atomic E-state index is 14.1. The number of hydrogen-bond donors (Lipinski definition) is 1. The molecule has 3 rings (SSSR count). The summed E-state index contributed by atoms with van der Waals surface area (Å²) < 4.78 is 29.3. The van der Waals surface area contributed by atoms with Crippen LogP contribution in [-0.2, 0) is 32.6 Å². The molecule has 40 heavy (non-hydrogen) atoms. The molecule has 1 N–H and O–H groups in total. The first-order valence-electron chi connectivity index (χ1n) is 13.7. The highest BCUT2D eigenvalue weighted by atomic mass is 32.2. The van der Waals surface area contributed by atoms with Gasteiger partial charge < -0.3 is 10.2 Å². The van der Waals surface area contributed by atoms with Gasteiger partial charge in [-0.25, -0.2) is 8.42 Å². The first kappa shape index (κ1) is 30.9. The summed E-state index contributed by atoms with van der Waals surface area (Å²) in [4.78, 5) is 28.8. The summed E-state index contributed by atoms with van der Waals surface area (Å²) in [7, 11) is -4.10. The number of benzene rings is 3. The van der Waals surface area contributed by atoms with Crippen molar-refractivity contribution in [2.45, 2.75) is 65.4 Å². The van der Waals surface area contributed by atoms with Crippen LogP contribution in [0.15, 0.2) is 77.7 Å². The van der Waals surface area contributed by atoms with Crippen molar-refractivity contribution in [1.29, 1.82) is 0 Å². The molecule has 0 aromatic heterocycles. The molecule has 214 valence electrons. The average Bonchev–Trinajstić information content (AvgIpc) is 2.93. The number of carbonyl (C=O) groups is 2. The van der Waals surface area contributed by atoms with E-state index in [1.807, 2.05) is 71.0 Å². The molecule has 0 fully saturated rings. The van der Waals surface area contributed by atoms with Gasteiger partial charge in [0.1, 0.15) is 12.6 Å². The monoisotopic (exact) mass is 563 g/mol. The van der Waals surface area contributed by atoms with Crippen LogP contribution in [0.4, 0.5) is 5.69 Å². The van der Waals surface area contributed by atoms with Crippen LogP contribution in [0, 0.1) is 19.8 Å². The van der Waals surface area contributed by atoms with Gasteiger partial charge in [-0.1, -0.05) is 80.9 Å². The Hall–Kier alpha value is -3.65. The molecule has 1 atom stereocenters. The topological polar surface area (TPSA) is 86.8 Å². The van der Waals surface area contributed by atoms with Gasteiger partial charge in [0.2, 0.25) is 11.8 Å². The Labute approximate surface area is 239 Å². The van der Waals surface area contributed by atoms with Crippen LogP contribution in [0.25, 0.3) is 0 Å². The highest BCUT2D eigenvalue weighted by Gasteiger charge is 2.33. The summed E-state index contributed by atoms with van der Waals surface area (Å²) in [5.41, 5.74) is 4.06. The van der Waals surface area contributed by atoms with E-state index < -0.39 is 28.5 Å². The summed E-state index contributed by atoms with van der Waals surface area (Å²) in [6.07, 6.45) is 0.589. The minimum absolute atomic E-state index is 0.102. The van der Waals surface area contributed by atoms with E-state index in [2.05, 4.69) is 5.32 Å². The van der Waals surface area contributed by atoms with Crippen LogP contribution in [0.1, 0.15) is 49.9 Å². The van der Waals surface area contributed by atoms with Gasteiger partial charge in [0, 0.05) is 13.1 Å². The number of aryl methyl sites for hydroxylation is 3. The van der Waals surface area contributed by atoms with E-state index in [1.54, 1.807) is 43.3 Å². The van der Waals surface area contributed by atoms with Gasteiger partial charge in [-0.3, -0.25) is 13.9 Å². The third-order valence-corrected chi connectivity index (χ3v) is 8.76. The minimum atomic E-state index is -4.10. The van der Waals surface area contributed by atoms with Crippen molar-refractivity contribution in [1.82, 2.24) is 10.2 Å². The lowest BCUT2D eigenvalue weighted by Crippen LogP contribution is -2.51. The largest absolute Gasteiger partial charge is 0.354 e. The van der Waals surface area contributed by atoms with Gasteiger partial charge in [-0.05, 0) is 68.0 Å². The standard InChI is InChI=1S/C32H41N3O4S/c1-7-27-13-10-11-15-30(27)35(40(38,39)29-18-16-24(4)17-19-29)22-31(36)34(21-28-14-9-8-12-25(28)5)26(6)32(37)33-20-23(2)3/h8-19,23,26H,7,20-22H2,1-6H3,(H,33,37). The van der Waals surface area contributed by atoms with E-state index in [-0.39, 0.29) is 23.3 Å². The molecule has 1 unspecified atom stereocenters. The van der Waals surface area contributed by atoms with E-state index in [1.165, 1.54) is 9.21 Å². The van der Waals surface area contributed by atoms with E-state index in [9.17, 15) is 18.0 Å². The van der Waals surface area contributed by atoms with Gasteiger partial charge in [-0.2, -0.15) is 0 Å². The lowest BCUT2D eigenvalue weighted by atomic mass is 10.1. The van der Waals surface area contributed by atoms with Crippen molar-refractivity contribution in [3.05, 3.63) is 95.1 Å². The van der Waals surface area contributed by atoms with Crippen molar-refractivity contribution in [3.63, 3.8) is 0 Å². The molecular formula is C32H41N3O4S. The van der Waals surface area contributed by atoms with Gasteiger partial charge in [0.05, 0.1) is 10.6 Å². The molecule has 0 saturated heterocycles. The van der Waals surface area contributed by atoms with E-state index >= 15 is 0 Å². The molecule has 0 bridgehead atoms. The average molecular weight is 564 g/mol. The second-order valence-electron chi connectivity index (χ2n) is 10.6. The fraction of sp³-hybridized carbons (Fsp3) is 0.375. The first-order chi connectivity index (χ1) is 18.9. The van der Waals surface area contributed by atoms with Crippen molar-refractivity contribution < 1.29 is 18.0 Å². The second-order valence-corrected chi connectivity index (χ2v) is 12.4. The van der Waals surface area contributed by atoms with Gasteiger partial charge >= 0.3 is 0 Å². The zero-order valence-corrected chi connectivity index (χ0v) is 25.2. The fourth-order valence-corrected chi connectivity index (χ4v) is 5.86. The lowest BCUT2D eigenvalue weighted by molar-refractivity contribution is -0.139. The van der Waals surface area contributed by atoms with Gasteiger partial charge in [0.25, 0.3) is 10.0 Å². The number of sulfonamides is 1. The van der Waals surface area contributed by atoms with E-state index in [4.69, 9.17) is 0 Å². The Bertz CT molecular complexity index is 1420. The molecule has 3 aromatic rings. The Morgan fingerprint density at radius 2 is 1.45 bits per heavy atom. The Balaban J connectivity index is 2.06. The number of hydrogen-bond acceptors (Lipinski definition) is 4. The maximum atomic E-state index is 14.1. The number of anilines is 1. The highest BCUT2D eigenvalue weighted by Crippen LogP contribution is 2.28. The summed E-state index contributed by atoms with van der Waals surface area (Å²) in [5, 5.41) is 2.92. The fourth-order valence-electron chi connectivity index (χ4n) is 4.41. The molecule has 0 saturated carbocycles. The predicted octanol–water partition coefficient (Wildman–Crippen LogP) is 5.25. The molecule has 3 aromatic carbocycles. The molecule has 2 amide bonds. The molecule has 0 aliphatic rings. The molecule has 8 heteroatoms. The predicted molar refractivity (Wildman–Crippen MR) is 161 cm³/mol. The second kappa shape index (κ2) is 13.6. The third kappa shape index (κ3) is 7.50. The smallest absolute Gasteiger partial charge is 0.264 e. The number of amides is 2. The number of para-hydroxylation sites is 1. The SMILES string of the molecule is CCc1ccccc1N(CC(=O)N(Cc1ccccc1C)C(C)C(=O)NCC(C)C)S(=O)(=O)c1ccc(C)cc1. The number of nitrogens with one attached hydrogen (secondary N) is 1. The Kier molecular flexibility index (Phi) is 10.5. The van der Waals surface area contributed by atoms with Crippen LogP contribution in [0.2, 0.25) is 0 Å². The van der Waals surface area contributed by atoms with Crippen LogP contribution < -0.4 is 9.62 Å². The number of rotatable bonds is 12. The molecule has 7 nitrogen and oxygen atoms in total. The number of nitrogens with zero attached hydrogens (tertiary/aromatic N) is 2. The molecule has 0 heterocycles. The third-order valence-electron chi connectivity index (χ3n) is 6.98. The van der Waals surface area contributed by atoms with Crippen molar-refractivity contribution in [3.8, 4) is 0 Å². The Morgan fingerprint density at radius 3 is 2.05 bits per heavy atom. The molecular weight excluding hydrogens is 522 g/mol. The van der Waals surface area contributed by atoms with E-state index in [0.717, 1.165) is 22.3 Å². The van der Waals surface area contributed by atoms with Crippen LogP contribution in [0.3, 0.4) is 0 Å². The Morgan fingerprint density at radius 1 is 0.850 bits per heavy atom. The molecule has 0 aliphatic heterocycles. The quantitative estimate of drug-likeness (QED) is 0.326. The summed E-state index contributed by atoms with van der Waals surface area (Å²) in [6, 6.07) is 20.7. The van der Waals surface area contributed by atoms with Crippen LogP contribution >= 0.6 is 0 Å². The maximum Gasteiger partial charge on any atom is 0.264 e. The van der Waals surface area contributed by atoms with Crippen LogP contribution in [0.5, 0.6) is 0 Å². The highest BCUT2D eigenvalue weighted by molar-refractivity contribution is 7.92. The van der Waals surface area contributed by atoms with Crippen molar-refractivity contribution in [2.24, 2.45) is 5.92 Å². The lowest BCUT2D eigenvalue weighted by Gasteiger charge is -2.33. The van der Waals surface area contributed by atoms with Crippen LogP contribution in [-0.4, -0.2) is 44.3 Å². The first-order valence-corrected chi connectivity index (χ1v) is 15.2. The zero-order chi connectivity index (χ0) is 29.4. The number of carbonyl (C=O) groups excluding carboxylic acids is 2. The molecule has 0 radical (unpaired) electrons. The van der Waals surface area contributed by atoms with Gasteiger partial charge in [0.15, 0.2) is 0 Å². The van der Waals surface area contributed by atoms with Crippen molar-refractivity contribution >= 4 is 27.5 Å². The summed E-state index contributed by atoms with van der Waals surface area (Å²) >= 11 is 0. The van der Waals surface area contributed by atoms with E-state index in [0.29, 0.717) is 18.7 Å². The summed E-state index contributed by atoms with van der Waals surface area (Å²) in [6.45, 7) is 11.7. The molecule has 0 spiro atoms. The van der Waals surface area contributed by atoms with Crippen molar-refractivity contribution in [2.75, 3.05) is 17.4 Å². The zero-order valence-electron chi connectivity index (χ0n) is 24.3. The summed E-state index contributed by atoms with van der Waals surface area (Å²) in [5.74, 6) is -0.494. The normalized spacial score (nSPS) is 12.2. The minimum Gasteiger partial charge on any atom is -0.354 e. The van der Waals surface area contributed by atoms with Gasteiger partial charge in [-0.15, -0.1) is 0 Å².